The molecule has 1 aliphatic heterocycles. The Morgan fingerprint density at radius 2 is 1.63 bits per heavy atom. The van der Waals surface area contributed by atoms with Gasteiger partial charge in [-0.05, 0) is 54.8 Å². The maximum absolute atomic E-state index is 13.6. The summed E-state index contributed by atoms with van der Waals surface area (Å²) in [5.41, 5.74) is 2.57. The van der Waals surface area contributed by atoms with Crippen LogP contribution in [0.15, 0.2) is 65.6 Å². The number of ether oxygens (including phenoxy) is 3. The number of sulfonamides is 1. The molecule has 1 heterocycles. The molecule has 35 heavy (non-hydrogen) atoms. The van der Waals surface area contributed by atoms with Gasteiger partial charge in [0.25, 0.3) is 15.9 Å². The highest BCUT2D eigenvalue weighted by Gasteiger charge is 2.27. The third-order valence-electron chi connectivity index (χ3n) is 5.86. The SMILES string of the molecule is CCOc1ccc(S(=O)(=O)Nc2cc(OC)c(OC)cc2C(=O)N2CCc3ccccc3C2)cc1. The van der Waals surface area contributed by atoms with Crippen molar-refractivity contribution in [1.82, 2.24) is 4.90 Å². The first-order valence-corrected chi connectivity index (χ1v) is 12.7. The molecule has 0 radical (unpaired) electrons. The Bertz CT molecular complexity index is 1320. The topological polar surface area (TPSA) is 94.2 Å². The van der Waals surface area contributed by atoms with E-state index in [1.807, 2.05) is 25.1 Å². The largest absolute Gasteiger partial charge is 0.494 e. The molecule has 8 nitrogen and oxygen atoms in total. The Hall–Kier alpha value is -3.72. The number of amides is 1. The van der Waals surface area contributed by atoms with Crippen molar-refractivity contribution >= 4 is 21.6 Å². The molecule has 184 valence electrons. The van der Waals surface area contributed by atoms with Crippen molar-refractivity contribution < 1.29 is 27.4 Å². The van der Waals surface area contributed by atoms with Gasteiger partial charge in [-0.1, -0.05) is 24.3 Å². The van der Waals surface area contributed by atoms with Crippen molar-refractivity contribution in [2.75, 3.05) is 32.1 Å². The fraction of sp³-hybridized carbons (Fsp3) is 0.269. The first-order chi connectivity index (χ1) is 16.9. The lowest BCUT2D eigenvalue weighted by Gasteiger charge is -2.29. The van der Waals surface area contributed by atoms with Gasteiger partial charge in [-0.3, -0.25) is 9.52 Å². The second-order valence-electron chi connectivity index (χ2n) is 8.01. The van der Waals surface area contributed by atoms with E-state index >= 15 is 0 Å². The third-order valence-corrected chi connectivity index (χ3v) is 7.24. The number of carbonyl (C=O) groups is 1. The fourth-order valence-corrected chi connectivity index (χ4v) is 5.14. The predicted octanol–water partition coefficient (Wildman–Crippen LogP) is 4.10. The van der Waals surface area contributed by atoms with Gasteiger partial charge in [-0.15, -0.1) is 0 Å². The molecule has 4 rings (SSSR count). The van der Waals surface area contributed by atoms with Crippen LogP contribution in [0.5, 0.6) is 17.2 Å². The Labute approximate surface area is 205 Å². The van der Waals surface area contributed by atoms with E-state index in [0.29, 0.717) is 36.9 Å². The highest BCUT2D eigenvalue weighted by atomic mass is 32.2. The lowest BCUT2D eigenvalue weighted by molar-refractivity contribution is 0.0735. The molecule has 0 aromatic heterocycles. The molecular weight excluding hydrogens is 468 g/mol. The second kappa shape index (κ2) is 10.3. The Kier molecular flexibility index (Phi) is 7.16. The van der Waals surface area contributed by atoms with Crippen molar-refractivity contribution in [2.24, 2.45) is 0 Å². The third kappa shape index (κ3) is 5.19. The molecule has 9 heteroatoms. The summed E-state index contributed by atoms with van der Waals surface area (Å²) in [4.78, 5) is 15.4. The van der Waals surface area contributed by atoms with Crippen LogP contribution in [0.1, 0.15) is 28.4 Å². The Morgan fingerprint density at radius 1 is 0.971 bits per heavy atom. The van der Waals surface area contributed by atoms with Crippen molar-refractivity contribution in [3.8, 4) is 17.2 Å². The van der Waals surface area contributed by atoms with Gasteiger partial charge in [-0.25, -0.2) is 8.42 Å². The number of rotatable bonds is 8. The number of anilines is 1. The van der Waals surface area contributed by atoms with Gasteiger partial charge in [-0.2, -0.15) is 0 Å². The second-order valence-corrected chi connectivity index (χ2v) is 9.69. The quantitative estimate of drug-likeness (QED) is 0.505. The molecule has 0 saturated carbocycles. The molecule has 3 aromatic carbocycles. The minimum atomic E-state index is -4.00. The zero-order valence-electron chi connectivity index (χ0n) is 19.9. The number of hydrogen-bond donors (Lipinski definition) is 1. The highest BCUT2D eigenvalue weighted by molar-refractivity contribution is 7.92. The molecule has 0 unspecified atom stereocenters. The number of fused-ring (bicyclic) bond motifs is 1. The zero-order valence-corrected chi connectivity index (χ0v) is 20.7. The van der Waals surface area contributed by atoms with E-state index in [1.165, 1.54) is 44.0 Å². The highest BCUT2D eigenvalue weighted by Crippen LogP contribution is 2.36. The summed E-state index contributed by atoms with van der Waals surface area (Å²) < 4.78 is 45.1. The van der Waals surface area contributed by atoms with Crippen LogP contribution in [0.3, 0.4) is 0 Å². The van der Waals surface area contributed by atoms with Crippen molar-refractivity contribution in [3.63, 3.8) is 0 Å². The molecular formula is C26H28N2O6S. The maximum Gasteiger partial charge on any atom is 0.261 e. The van der Waals surface area contributed by atoms with Crippen molar-refractivity contribution in [3.05, 3.63) is 77.4 Å². The maximum atomic E-state index is 13.6. The smallest absolute Gasteiger partial charge is 0.261 e. The Balaban J connectivity index is 1.69. The van der Waals surface area contributed by atoms with Crippen LogP contribution < -0.4 is 18.9 Å². The summed E-state index contributed by atoms with van der Waals surface area (Å²) in [5, 5.41) is 0. The normalized spacial score (nSPS) is 13.1. The van der Waals surface area contributed by atoms with Gasteiger partial charge in [0.2, 0.25) is 0 Å². The molecule has 1 amide bonds. The van der Waals surface area contributed by atoms with Gasteiger partial charge in [0, 0.05) is 19.2 Å². The molecule has 0 fully saturated rings. The van der Waals surface area contributed by atoms with Gasteiger partial charge in [0.1, 0.15) is 5.75 Å². The summed E-state index contributed by atoms with van der Waals surface area (Å²) >= 11 is 0. The number of nitrogens with one attached hydrogen (secondary N) is 1. The van der Waals surface area contributed by atoms with E-state index in [9.17, 15) is 13.2 Å². The lowest BCUT2D eigenvalue weighted by Crippen LogP contribution is -2.36. The summed E-state index contributed by atoms with van der Waals surface area (Å²) in [6.07, 6.45) is 0.725. The average molecular weight is 497 g/mol. The summed E-state index contributed by atoms with van der Waals surface area (Å²) in [7, 11) is -1.08. The van der Waals surface area contributed by atoms with Gasteiger partial charge in [0.15, 0.2) is 11.5 Å². The molecule has 1 aliphatic rings. The van der Waals surface area contributed by atoms with E-state index in [4.69, 9.17) is 14.2 Å². The van der Waals surface area contributed by atoms with E-state index in [-0.39, 0.29) is 22.1 Å². The van der Waals surface area contributed by atoms with Gasteiger partial charge < -0.3 is 19.1 Å². The van der Waals surface area contributed by atoms with E-state index in [0.717, 1.165) is 12.0 Å². The monoisotopic (exact) mass is 496 g/mol. The first-order valence-electron chi connectivity index (χ1n) is 11.2. The minimum Gasteiger partial charge on any atom is -0.494 e. The molecule has 3 aromatic rings. The molecule has 0 spiro atoms. The van der Waals surface area contributed by atoms with Crippen LogP contribution in [0.2, 0.25) is 0 Å². The number of benzene rings is 3. The van der Waals surface area contributed by atoms with Crippen LogP contribution in [-0.2, 0) is 23.0 Å². The van der Waals surface area contributed by atoms with E-state index in [2.05, 4.69) is 10.8 Å². The van der Waals surface area contributed by atoms with Crippen LogP contribution in [0.25, 0.3) is 0 Å². The summed E-state index contributed by atoms with van der Waals surface area (Å²) in [6, 6.07) is 17.1. The molecule has 0 atom stereocenters. The predicted molar refractivity (Wildman–Crippen MR) is 133 cm³/mol. The lowest BCUT2D eigenvalue weighted by atomic mass is 9.99. The number of methoxy groups -OCH3 is 2. The number of nitrogens with zero attached hydrogens (tertiary/aromatic N) is 1. The van der Waals surface area contributed by atoms with Gasteiger partial charge in [0.05, 0.1) is 37.0 Å². The standard InChI is InChI=1S/C26H28N2O6S/c1-4-34-20-9-11-21(12-10-20)35(30,31)27-23-16-25(33-3)24(32-2)15-22(23)26(29)28-14-13-18-7-5-6-8-19(18)17-28/h5-12,15-16,27H,4,13-14,17H2,1-3H3. The molecule has 0 saturated heterocycles. The minimum absolute atomic E-state index is 0.0426. The summed E-state index contributed by atoms with van der Waals surface area (Å²) in [6.45, 7) is 3.29. The zero-order chi connectivity index (χ0) is 25.0. The molecule has 0 bridgehead atoms. The van der Waals surface area contributed by atoms with Crippen molar-refractivity contribution in [2.45, 2.75) is 24.8 Å². The van der Waals surface area contributed by atoms with Crippen LogP contribution in [0, 0.1) is 0 Å². The number of carbonyl (C=O) groups excluding carboxylic acids is 1. The Morgan fingerprint density at radius 3 is 2.29 bits per heavy atom. The van der Waals surface area contributed by atoms with E-state index in [1.54, 1.807) is 17.0 Å². The average Bonchev–Trinajstić information content (AvgIpc) is 2.88. The first kappa shape index (κ1) is 24.4. The molecule has 1 N–H and O–H groups in total. The van der Waals surface area contributed by atoms with E-state index < -0.39 is 10.0 Å². The summed E-state index contributed by atoms with van der Waals surface area (Å²) in [5.74, 6) is 0.901. The van der Waals surface area contributed by atoms with Crippen LogP contribution in [-0.4, -0.2) is 46.6 Å². The van der Waals surface area contributed by atoms with Crippen molar-refractivity contribution in [1.29, 1.82) is 0 Å². The van der Waals surface area contributed by atoms with Crippen LogP contribution >= 0.6 is 0 Å². The van der Waals surface area contributed by atoms with Crippen LogP contribution in [0.4, 0.5) is 5.69 Å². The fourth-order valence-electron chi connectivity index (χ4n) is 4.07. The number of hydrogen-bond acceptors (Lipinski definition) is 6. The molecule has 0 aliphatic carbocycles. The van der Waals surface area contributed by atoms with Gasteiger partial charge >= 0.3 is 0 Å².